The fraction of sp³-hybridized carbons (Fsp3) is 0.259. The fourth-order valence-corrected chi connectivity index (χ4v) is 4.66. The predicted molar refractivity (Wildman–Crippen MR) is 132 cm³/mol. The molecule has 0 atom stereocenters. The molecule has 0 saturated heterocycles. The van der Waals surface area contributed by atoms with Crippen LogP contribution in [0.1, 0.15) is 36.2 Å². The van der Waals surface area contributed by atoms with Gasteiger partial charge in [-0.3, -0.25) is 9.78 Å². The molecule has 5 rings (SSSR count). The minimum Gasteiger partial charge on any atom is -0.382 e. The molecule has 0 spiro atoms. The highest BCUT2D eigenvalue weighted by Crippen LogP contribution is 2.38. The number of benzene rings is 2. The number of alkyl halides is 3. The number of carbonyl (C=O) groups excluding carboxylic acids is 1. The minimum absolute atomic E-state index is 0.0150. The number of nitrogens with zero attached hydrogens (tertiary/aromatic N) is 3. The molecule has 0 aliphatic heterocycles. The summed E-state index contributed by atoms with van der Waals surface area (Å²) in [4.78, 5) is 26.7. The molecule has 2 aromatic heterocycles. The number of pyridine rings is 1. The third-order valence-electron chi connectivity index (χ3n) is 6.59. The average molecular weight is 492 g/mol. The van der Waals surface area contributed by atoms with Crippen molar-refractivity contribution in [2.24, 2.45) is 5.92 Å². The van der Waals surface area contributed by atoms with Gasteiger partial charge >= 0.3 is 6.18 Å². The molecule has 4 aromatic rings. The lowest BCUT2D eigenvalue weighted by Crippen LogP contribution is -2.40. The van der Waals surface area contributed by atoms with Gasteiger partial charge in [0.05, 0.1) is 22.8 Å². The van der Waals surface area contributed by atoms with Crippen molar-refractivity contribution in [1.29, 1.82) is 0 Å². The summed E-state index contributed by atoms with van der Waals surface area (Å²) < 4.78 is 39.0. The van der Waals surface area contributed by atoms with Crippen LogP contribution in [0.3, 0.4) is 0 Å². The van der Waals surface area contributed by atoms with Gasteiger partial charge in [-0.25, -0.2) is 9.97 Å². The number of carbonyl (C=O) groups is 1. The number of nitrogens with two attached hydrogens (primary N) is 1. The largest absolute Gasteiger partial charge is 0.391 e. The van der Waals surface area contributed by atoms with E-state index in [4.69, 9.17) is 5.73 Å². The summed E-state index contributed by atoms with van der Waals surface area (Å²) in [5, 5.41) is 3.72. The van der Waals surface area contributed by atoms with Crippen molar-refractivity contribution in [2.75, 3.05) is 5.73 Å². The molecule has 0 unspecified atom stereocenters. The first kappa shape index (κ1) is 23.7. The van der Waals surface area contributed by atoms with Crippen molar-refractivity contribution in [1.82, 2.24) is 20.3 Å². The zero-order valence-electron chi connectivity index (χ0n) is 19.3. The summed E-state index contributed by atoms with van der Waals surface area (Å²) in [6.45, 7) is 0. The summed E-state index contributed by atoms with van der Waals surface area (Å²) in [6.07, 6.45) is -2.03. The molecular formula is C27H24F3N5O. The van der Waals surface area contributed by atoms with Gasteiger partial charge in [0.1, 0.15) is 0 Å². The van der Waals surface area contributed by atoms with E-state index in [9.17, 15) is 18.0 Å². The maximum Gasteiger partial charge on any atom is 0.391 e. The number of amides is 1. The van der Waals surface area contributed by atoms with Crippen molar-refractivity contribution in [2.45, 2.75) is 37.9 Å². The number of nitrogens with one attached hydrogen (secondary N) is 1. The molecule has 1 saturated carbocycles. The second kappa shape index (κ2) is 9.56. The molecule has 1 amide bonds. The SMILES string of the molecule is Nc1nc(-c2ccccc2)c(-c2ccc3ncccc3c2)nc1C(=O)N[C@H]1CC[C@H](C(F)(F)F)CC1. The van der Waals surface area contributed by atoms with Crippen molar-refractivity contribution < 1.29 is 18.0 Å². The lowest BCUT2D eigenvalue weighted by molar-refractivity contribution is -0.182. The molecule has 0 radical (unpaired) electrons. The molecule has 9 heteroatoms. The lowest BCUT2D eigenvalue weighted by atomic mass is 9.85. The van der Waals surface area contributed by atoms with Gasteiger partial charge in [-0.2, -0.15) is 13.2 Å². The molecule has 184 valence electrons. The smallest absolute Gasteiger partial charge is 0.382 e. The van der Waals surface area contributed by atoms with Crippen LogP contribution in [0.4, 0.5) is 19.0 Å². The number of halogens is 3. The van der Waals surface area contributed by atoms with E-state index >= 15 is 0 Å². The average Bonchev–Trinajstić information content (AvgIpc) is 2.88. The maximum absolute atomic E-state index is 13.1. The van der Waals surface area contributed by atoms with Gasteiger partial charge in [0.15, 0.2) is 11.5 Å². The van der Waals surface area contributed by atoms with E-state index in [0.29, 0.717) is 11.4 Å². The van der Waals surface area contributed by atoms with Crippen LogP contribution in [0, 0.1) is 5.92 Å². The van der Waals surface area contributed by atoms with Crippen LogP contribution in [0.5, 0.6) is 0 Å². The van der Waals surface area contributed by atoms with Crippen LogP contribution in [-0.4, -0.2) is 33.1 Å². The Balaban J connectivity index is 1.49. The Labute approximate surface area is 205 Å². The molecule has 3 N–H and O–H groups in total. The van der Waals surface area contributed by atoms with Crippen molar-refractivity contribution >= 4 is 22.6 Å². The Morgan fingerprint density at radius 1 is 0.889 bits per heavy atom. The minimum atomic E-state index is -4.21. The molecule has 2 heterocycles. The van der Waals surface area contributed by atoms with Crippen molar-refractivity contribution in [3.05, 3.63) is 72.6 Å². The van der Waals surface area contributed by atoms with Gasteiger partial charge in [0, 0.05) is 28.8 Å². The van der Waals surface area contributed by atoms with Gasteiger partial charge < -0.3 is 11.1 Å². The monoisotopic (exact) mass is 491 g/mol. The number of hydrogen-bond donors (Lipinski definition) is 2. The summed E-state index contributed by atoms with van der Waals surface area (Å²) in [5.41, 5.74) is 9.49. The molecular weight excluding hydrogens is 467 g/mol. The topological polar surface area (TPSA) is 93.8 Å². The Bertz CT molecular complexity index is 1400. The molecule has 6 nitrogen and oxygen atoms in total. The highest BCUT2D eigenvalue weighted by molar-refractivity contribution is 5.98. The first-order valence-electron chi connectivity index (χ1n) is 11.8. The zero-order valence-corrected chi connectivity index (χ0v) is 19.3. The Morgan fingerprint density at radius 2 is 1.61 bits per heavy atom. The maximum atomic E-state index is 13.1. The Kier molecular flexibility index (Phi) is 6.30. The summed E-state index contributed by atoms with van der Waals surface area (Å²) in [6, 6.07) is 18.5. The van der Waals surface area contributed by atoms with Crippen LogP contribution in [0.2, 0.25) is 0 Å². The van der Waals surface area contributed by atoms with Gasteiger partial charge in [0.25, 0.3) is 5.91 Å². The standard InChI is InChI=1S/C27H24F3N5O/c28-27(29,30)19-9-11-20(12-10-19)33-26(36)24-25(31)35-22(16-5-2-1-3-6-16)23(34-24)18-8-13-21-17(15-18)7-4-14-32-21/h1-8,13-15,19-20H,9-12H2,(H2,31,35)(H,33,36)/t19-,20-. The number of hydrogen-bond acceptors (Lipinski definition) is 5. The van der Waals surface area contributed by atoms with Crippen LogP contribution in [-0.2, 0) is 0 Å². The molecule has 1 aliphatic carbocycles. The first-order valence-corrected chi connectivity index (χ1v) is 11.8. The first-order chi connectivity index (χ1) is 17.3. The second-order valence-electron chi connectivity index (χ2n) is 9.00. The molecule has 36 heavy (non-hydrogen) atoms. The zero-order chi connectivity index (χ0) is 25.3. The summed E-state index contributed by atoms with van der Waals surface area (Å²) >= 11 is 0. The highest BCUT2D eigenvalue weighted by Gasteiger charge is 2.41. The van der Waals surface area contributed by atoms with Crippen LogP contribution in [0.15, 0.2) is 66.9 Å². The Morgan fingerprint density at radius 3 is 2.33 bits per heavy atom. The molecule has 0 bridgehead atoms. The van der Waals surface area contributed by atoms with Gasteiger partial charge in [-0.15, -0.1) is 0 Å². The van der Waals surface area contributed by atoms with E-state index < -0.39 is 18.0 Å². The van der Waals surface area contributed by atoms with Gasteiger partial charge in [-0.1, -0.05) is 42.5 Å². The van der Waals surface area contributed by atoms with E-state index in [1.807, 2.05) is 60.7 Å². The van der Waals surface area contributed by atoms with E-state index in [2.05, 4.69) is 20.3 Å². The summed E-state index contributed by atoms with van der Waals surface area (Å²) in [7, 11) is 0. The van der Waals surface area contributed by atoms with E-state index in [1.165, 1.54) is 0 Å². The number of anilines is 1. The highest BCUT2D eigenvalue weighted by atomic mass is 19.4. The van der Waals surface area contributed by atoms with Crippen LogP contribution >= 0.6 is 0 Å². The number of fused-ring (bicyclic) bond motifs is 1. The Hall–Kier alpha value is -4.01. The van der Waals surface area contributed by atoms with E-state index in [1.54, 1.807) is 6.20 Å². The van der Waals surface area contributed by atoms with Crippen LogP contribution in [0.25, 0.3) is 33.4 Å². The lowest BCUT2D eigenvalue weighted by Gasteiger charge is -2.30. The third kappa shape index (κ3) is 4.86. The number of rotatable bonds is 4. The van der Waals surface area contributed by atoms with Gasteiger partial charge in [0.2, 0.25) is 0 Å². The number of aromatic nitrogens is 3. The van der Waals surface area contributed by atoms with Crippen molar-refractivity contribution in [3.8, 4) is 22.5 Å². The second-order valence-corrected chi connectivity index (χ2v) is 9.00. The van der Waals surface area contributed by atoms with Crippen molar-refractivity contribution in [3.63, 3.8) is 0 Å². The number of nitrogen functional groups attached to an aromatic ring is 1. The molecule has 1 fully saturated rings. The van der Waals surface area contributed by atoms with Gasteiger partial charge in [-0.05, 0) is 43.9 Å². The quantitative estimate of drug-likeness (QED) is 0.377. The molecule has 1 aliphatic rings. The van der Waals surface area contributed by atoms with E-state index in [-0.39, 0.29) is 43.2 Å². The van der Waals surface area contributed by atoms with Crippen LogP contribution < -0.4 is 11.1 Å². The normalized spacial score (nSPS) is 18.2. The third-order valence-corrected chi connectivity index (χ3v) is 6.59. The predicted octanol–water partition coefficient (Wildman–Crippen LogP) is 5.79. The molecule has 2 aromatic carbocycles. The fourth-order valence-electron chi connectivity index (χ4n) is 4.66. The summed E-state index contributed by atoms with van der Waals surface area (Å²) in [5.74, 6) is -1.91. The van der Waals surface area contributed by atoms with E-state index in [0.717, 1.165) is 22.0 Å².